The van der Waals surface area contributed by atoms with Crippen LogP contribution in [0, 0.1) is 0 Å². The number of nitrogens with two attached hydrogens (primary N) is 4. The molecule has 2 fully saturated rings. The molecule has 0 bridgehead atoms. The Morgan fingerprint density at radius 2 is 0.611 bits per heavy atom. The lowest BCUT2D eigenvalue weighted by Crippen LogP contribution is -2.20. The van der Waals surface area contributed by atoms with Gasteiger partial charge >= 0.3 is 0 Å². The fraction of sp³-hybridized carbons (Fsp3) is 1.00. The monoisotopic (exact) mass is 344 g/mol. The van der Waals surface area contributed by atoms with Gasteiger partial charge in [0.05, 0.1) is 0 Å². The Hall–Kier alpha value is 1.000. The van der Waals surface area contributed by atoms with Crippen molar-refractivity contribution in [2.75, 3.05) is 0 Å². The molecule has 0 spiro atoms. The first-order chi connectivity index (χ1) is 6.58. The summed E-state index contributed by atoms with van der Waals surface area (Å²) in [6, 6.07) is 1.59. The Bertz CT molecular complexity index is 142. The lowest BCUT2D eigenvalue weighted by molar-refractivity contribution is 0.666. The molecule has 0 heterocycles. The lowest BCUT2D eigenvalue weighted by atomic mass is 10.2. The van der Waals surface area contributed by atoms with Crippen molar-refractivity contribution in [2.24, 2.45) is 22.9 Å². The SMILES string of the molecule is Cl.Cl.Cl.Cl.N[C@@H]1CC[C@@H](N)C1.N[C@H]1CC[C@H](N)C1. The predicted octanol–water partition coefficient (Wildman–Crippen LogP) is 1.34. The lowest BCUT2D eigenvalue weighted by Gasteiger charge is -1.97. The van der Waals surface area contributed by atoms with E-state index >= 15 is 0 Å². The van der Waals surface area contributed by atoms with Crippen molar-refractivity contribution < 1.29 is 0 Å². The normalized spacial score (nSPS) is 32.7. The molecule has 0 aromatic heterocycles. The molecule has 0 radical (unpaired) electrons. The summed E-state index contributed by atoms with van der Waals surface area (Å²) in [5.41, 5.74) is 22.2. The van der Waals surface area contributed by atoms with Crippen LogP contribution >= 0.6 is 49.6 Å². The van der Waals surface area contributed by atoms with E-state index in [9.17, 15) is 0 Å². The summed E-state index contributed by atoms with van der Waals surface area (Å²) < 4.78 is 0. The molecule has 0 unspecified atom stereocenters. The van der Waals surface area contributed by atoms with Gasteiger partial charge in [-0.15, -0.1) is 49.6 Å². The molecule has 0 aromatic carbocycles. The average molecular weight is 346 g/mol. The number of halogens is 4. The van der Waals surface area contributed by atoms with Crippen LogP contribution in [0.2, 0.25) is 0 Å². The van der Waals surface area contributed by atoms with E-state index in [0.29, 0.717) is 24.2 Å². The zero-order chi connectivity index (χ0) is 10.6. The van der Waals surface area contributed by atoms with Crippen molar-refractivity contribution in [2.45, 2.75) is 62.7 Å². The molecule has 2 saturated carbocycles. The van der Waals surface area contributed by atoms with Crippen molar-refractivity contribution >= 4 is 49.6 Å². The minimum Gasteiger partial charge on any atom is -0.328 e. The standard InChI is InChI=1S/2C5H12N2.4ClH/c2*6-4-1-2-5(7)3-4;;;;/h2*4-5H,1-3,6-7H2;4*1H/t2*4-,5-;;;;/m10..../s1. The van der Waals surface area contributed by atoms with Crippen LogP contribution in [0.4, 0.5) is 0 Å². The summed E-state index contributed by atoms with van der Waals surface area (Å²) in [7, 11) is 0. The van der Waals surface area contributed by atoms with E-state index < -0.39 is 0 Å². The van der Waals surface area contributed by atoms with E-state index in [1.54, 1.807) is 0 Å². The molecule has 2 aliphatic rings. The van der Waals surface area contributed by atoms with Crippen LogP contribution in [0.1, 0.15) is 38.5 Å². The molecule has 116 valence electrons. The van der Waals surface area contributed by atoms with Gasteiger partial charge < -0.3 is 22.9 Å². The summed E-state index contributed by atoms with van der Waals surface area (Å²) in [6.07, 6.45) is 6.56. The number of rotatable bonds is 0. The Morgan fingerprint density at radius 3 is 0.667 bits per heavy atom. The average Bonchev–Trinajstić information content (AvgIpc) is 2.63. The molecule has 4 nitrogen and oxygen atoms in total. The van der Waals surface area contributed by atoms with Gasteiger partial charge in [0.15, 0.2) is 0 Å². The van der Waals surface area contributed by atoms with E-state index in [0.717, 1.165) is 38.5 Å². The van der Waals surface area contributed by atoms with E-state index in [-0.39, 0.29) is 49.6 Å². The highest BCUT2D eigenvalue weighted by Gasteiger charge is 2.17. The largest absolute Gasteiger partial charge is 0.328 e. The molecule has 0 amide bonds. The minimum absolute atomic E-state index is 0. The van der Waals surface area contributed by atoms with Gasteiger partial charge in [-0.05, 0) is 38.5 Å². The first-order valence-corrected chi connectivity index (χ1v) is 5.60. The molecule has 0 aliphatic heterocycles. The van der Waals surface area contributed by atoms with E-state index in [4.69, 9.17) is 22.9 Å². The van der Waals surface area contributed by atoms with Gasteiger partial charge in [-0.2, -0.15) is 0 Å². The Labute approximate surface area is 135 Å². The Kier molecular flexibility index (Phi) is 21.9. The van der Waals surface area contributed by atoms with Gasteiger partial charge in [-0.1, -0.05) is 0 Å². The van der Waals surface area contributed by atoms with E-state index in [1.165, 1.54) is 0 Å². The molecule has 4 atom stereocenters. The van der Waals surface area contributed by atoms with Gasteiger partial charge in [0, 0.05) is 24.2 Å². The van der Waals surface area contributed by atoms with Crippen molar-refractivity contribution in [3.8, 4) is 0 Å². The first-order valence-electron chi connectivity index (χ1n) is 5.60. The highest BCUT2D eigenvalue weighted by atomic mass is 35.5. The second kappa shape index (κ2) is 14.4. The Morgan fingerprint density at radius 1 is 0.444 bits per heavy atom. The second-order valence-electron chi connectivity index (χ2n) is 4.67. The van der Waals surface area contributed by atoms with Crippen LogP contribution in [-0.2, 0) is 0 Å². The molecule has 0 saturated heterocycles. The third-order valence-corrected chi connectivity index (χ3v) is 3.03. The maximum atomic E-state index is 5.55. The first kappa shape index (κ1) is 27.4. The summed E-state index contributed by atoms with van der Waals surface area (Å²) >= 11 is 0. The number of hydrogen-bond donors (Lipinski definition) is 4. The van der Waals surface area contributed by atoms with E-state index in [2.05, 4.69) is 0 Å². The highest BCUT2D eigenvalue weighted by Crippen LogP contribution is 2.14. The van der Waals surface area contributed by atoms with Gasteiger partial charge in [-0.3, -0.25) is 0 Å². The summed E-state index contributed by atoms with van der Waals surface area (Å²) in [6.45, 7) is 0. The Balaban J connectivity index is -0.0000000891. The second-order valence-corrected chi connectivity index (χ2v) is 4.67. The van der Waals surface area contributed by atoms with Gasteiger partial charge in [0.25, 0.3) is 0 Å². The number of hydrogen-bond acceptors (Lipinski definition) is 4. The smallest absolute Gasteiger partial charge is 0.00541 e. The maximum Gasteiger partial charge on any atom is 0.00541 e. The zero-order valence-electron chi connectivity index (χ0n) is 10.5. The zero-order valence-corrected chi connectivity index (χ0v) is 13.8. The summed E-state index contributed by atoms with van der Waals surface area (Å²) in [4.78, 5) is 0. The minimum atomic E-state index is 0. The van der Waals surface area contributed by atoms with Crippen molar-refractivity contribution in [1.29, 1.82) is 0 Å². The molecule has 18 heavy (non-hydrogen) atoms. The third kappa shape index (κ3) is 12.1. The van der Waals surface area contributed by atoms with Crippen molar-refractivity contribution in [3.05, 3.63) is 0 Å². The predicted molar refractivity (Wildman–Crippen MR) is 88.6 cm³/mol. The third-order valence-electron chi connectivity index (χ3n) is 3.03. The van der Waals surface area contributed by atoms with Crippen molar-refractivity contribution in [1.82, 2.24) is 0 Å². The van der Waals surface area contributed by atoms with Crippen molar-refractivity contribution in [3.63, 3.8) is 0 Å². The molecular weight excluding hydrogens is 318 g/mol. The van der Waals surface area contributed by atoms with Gasteiger partial charge in [-0.25, -0.2) is 0 Å². The fourth-order valence-corrected chi connectivity index (χ4v) is 2.11. The van der Waals surface area contributed by atoms with Gasteiger partial charge in [0.1, 0.15) is 0 Å². The van der Waals surface area contributed by atoms with Gasteiger partial charge in [0.2, 0.25) is 0 Å². The maximum absolute atomic E-state index is 5.55. The van der Waals surface area contributed by atoms with Crippen LogP contribution in [0.3, 0.4) is 0 Å². The van der Waals surface area contributed by atoms with Crippen LogP contribution in [0.5, 0.6) is 0 Å². The molecule has 8 heteroatoms. The topological polar surface area (TPSA) is 104 Å². The summed E-state index contributed by atoms with van der Waals surface area (Å²) in [5, 5.41) is 0. The summed E-state index contributed by atoms with van der Waals surface area (Å²) in [5.74, 6) is 0. The molecular formula is C10H28Cl4N4. The fourth-order valence-electron chi connectivity index (χ4n) is 2.11. The quantitative estimate of drug-likeness (QED) is 0.531. The van der Waals surface area contributed by atoms with Crippen LogP contribution in [-0.4, -0.2) is 24.2 Å². The molecule has 2 aliphatic carbocycles. The molecule has 2 rings (SSSR count). The van der Waals surface area contributed by atoms with Crippen LogP contribution < -0.4 is 22.9 Å². The molecule has 8 N–H and O–H groups in total. The highest BCUT2D eigenvalue weighted by molar-refractivity contribution is 5.86. The van der Waals surface area contributed by atoms with Crippen LogP contribution in [0.25, 0.3) is 0 Å². The van der Waals surface area contributed by atoms with Crippen LogP contribution in [0.15, 0.2) is 0 Å². The molecule has 0 aromatic rings. The van der Waals surface area contributed by atoms with E-state index in [1.807, 2.05) is 0 Å².